The highest BCUT2D eigenvalue weighted by atomic mass is 16.2. The van der Waals surface area contributed by atoms with E-state index in [1.807, 2.05) is 12.1 Å². The van der Waals surface area contributed by atoms with Gasteiger partial charge in [-0.3, -0.25) is 4.98 Å². The Morgan fingerprint density at radius 1 is 1.32 bits per heavy atom. The third-order valence-electron chi connectivity index (χ3n) is 2.72. The largest absolute Gasteiger partial charge is 0.338 e. The lowest BCUT2D eigenvalue weighted by atomic mass is 10.3. The third-order valence-corrected chi connectivity index (χ3v) is 2.72. The van der Waals surface area contributed by atoms with Crippen LogP contribution in [0.1, 0.15) is 6.92 Å². The number of benzene rings is 1. The van der Waals surface area contributed by atoms with Crippen molar-refractivity contribution in [3.8, 4) is 0 Å². The molecule has 2 N–H and O–H groups in total. The molecular weight excluding hydrogens is 246 g/mol. The first-order valence-corrected chi connectivity index (χ1v) is 5.86. The first-order chi connectivity index (χ1) is 9.20. The summed E-state index contributed by atoms with van der Waals surface area (Å²) in [7, 11) is 0. The van der Waals surface area contributed by atoms with Gasteiger partial charge >= 0.3 is 11.7 Å². The third kappa shape index (κ3) is 1.75. The molecule has 7 heteroatoms. The Balaban J connectivity index is 2.33. The highest BCUT2D eigenvalue weighted by Crippen LogP contribution is 2.12. The van der Waals surface area contributed by atoms with E-state index < -0.39 is 11.7 Å². The van der Waals surface area contributed by atoms with Crippen LogP contribution in [0.15, 0.2) is 29.1 Å². The molecule has 7 nitrogen and oxygen atoms in total. The van der Waals surface area contributed by atoms with Crippen LogP contribution in [0.5, 0.6) is 0 Å². The molecule has 0 saturated heterocycles. The molecule has 0 bridgehead atoms. The van der Waals surface area contributed by atoms with Crippen molar-refractivity contribution in [3.63, 3.8) is 0 Å². The maximum atomic E-state index is 11.8. The lowest BCUT2D eigenvalue weighted by Crippen LogP contribution is -2.34. The standard InChI is InChI=1S/C12H11N5O2/c1-2-13-11(18)17-10-9(16-12(17)19)14-7-5-3-4-6-8(7)15-10/h3-6H,2H2,1H3,(H,13,18)(H,14,16,19). The molecule has 3 rings (SSSR count). The quantitative estimate of drug-likeness (QED) is 0.676. The Morgan fingerprint density at radius 3 is 2.68 bits per heavy atom. The van der Waals surface area contributed by atoms with Crippen LogP contribution < -0.4 is 11.0 Å². The summed E-state index contributed by atoms with van der Waals surface area (Å²) in [4.78, 5) is 34.8. The van der Waals surface area contributed by atoms with Crippen molar-refractivity contribution < 1.29 is 4.79 Å². The highest BCUT2D eigenvalue weighted by Gasteiger charge is 2.15. The number of carbonyl (C=O) groups excluding carboxylic acids is 1. The molecule has 96 valence electrons. The summed E-state index contributed by atoms with van der Waals surface area (Å²) in [5.74, 6) is 0. The van der Waals surface area contributed by atoms with Crippen LogP contribution in [0.3, 0.4) is 0 Å². The lowest BCUT2D eigenvalue weighted by molar-refractivity contribution is 0.243. The summed E-state index contributed by atoms with van der Waals surface area (Å²) in [5, 5.41) is 2.57. The number of nitrogens with one attached hydrogen (secondary N) is 2. The second kappa shape index (κ2) is 4.20. The number of para-hydroxylation sites is 2. The summed E-state index contributed by atoms with van der Waals surface area (Å²) in [5.41, 5.74) is 1.28. The molecule has 0 saturated carbocycles. The van der Waals surface area contributed by atoms with E-state index in [9.17, 15) is 9.59 Å². The lowest BCUT2D eigenvalue weighted by Gasteiger charge is -2.02. The molecule has 0 aliphatic rings. The molecule has 2 aromatic heterocycles. The van der Waals surface area contributed by atoms with Crippen LogP contribution in [0, 0.1) is 0 Å². The number of rotatable bonds is 1. The second-order valence-electron chi connectivity index (χ2n) is 3.99. The number of imidazole rings is 1. The van der Waals surface area contributed by atoms with Crippen LogP contribution >= 0.6 is 0 Å². The molecule has 2 heterocycles. The summed E-state index contributed by atoms with van der Waals surface area (Å²) in [6, 6.07) is 6.72. The molecule has 19 heavy (non-hydrogen) atoms. The zero-order chi connectivity index (χ0) is 13.4. The number of amides is 1. The molecule has 0 radical (unpaired) electrons. The summed E-state index contributed by atoms with van der Waals surface area (Å²) in [6.07, 6.45) is 0. The smallest absolute Gasteiger partial charge is 0.337 e. The van der Waals surface area contributed by atoms with Crippen LogP contribution in [-0.2, 0) is 0 Å². The van der Waals surface area contributed by atoms with Crippen molar-refractivity contribution in [3.05, 3.63) is 34.7 Å². The van der Waals surface area contributed by atoms with Crippen LogP contribution in [0.25, 0.3) is 22.3 Å². The van der Waals surface area contributed by atoms with Gasteiger partial charge < -0.3 is 5.32 Å². The Morgan fingerprint density at radius 2 is 2.00 bits per heavy atom. The van der Waals surface area contributed by atoms with E-state index >= 15 is 0 Å². The monoisotopic (exact) mass is 257 g/mol. The van der Waals surface area contributed by atoms with Gasteiger partial charge in [0.1, 0.15) is 0 Å². The first kappa shape index (κ1) is 11.4. The SMILES string of the molecule is CCNC(=O)n1c(=O)[nH]c2nc3ccccc3nc21. The molecule has 0 aliphatic carbocycles. The zero-order valence-electron chi connectivity index (χ0n) is 10.2. The topological polar surface area (TPSA) is 92.7 Å². The minimum Gasteiger partial charge on any atom is -0.338 e. The highest BCUT2D eigenvalue weighted by molar-refractivity contribution is 5.89. The average molecular weight is 257 g/mol. The molecule has 0 aliphatic heterocycles. The van der Waals surface area contributed by atoms with E-state index in [2.05, 4.69) is 20.3 Å². The van der Waals surface area contributed by atoms with Crippen molar-refractivity contribution in [2.45, 2.75) is 6.92 Å². The van der Waals surface area contributed by atoms with Gasteiger partial charge in [-0.15, -0.1) is 0 Å². The minimum absolute atomic E-state index is 0.231. The normalized spacial score (nSPS) is 11.0. The number of nitrogens with zero attached hydrogens (tertiary/aromatic N) is 3. The Hall–Kier alpha value is -2.70. The molecule has 0 fully saturated rings. The van der Waals surface area contributed by atoms with Gasteiger partial charge in [-0.05, 0) is 19.1 Å². The second-order valence-corrected chi connectivity index (χ2v) is 3.99. The van der Waals surface area contributed by atoms with E-state index in [1.165, 1.54) is 0 Å². The van der Waals surface area contributed by atoms with Crippen molar-refractivity contribution in [2.75, 3.05) is 6.54 Å². The minimum atomic E-state index is -0.545. The molecule has 0 atom stereocenters. The Labute approximate surface area is 107 Å². The van der Waals surface area contributed by atoms with Gasteiger partial charge in [0.25, 0.3) is 0 Å². The van der Waals surface area contributed by atoms with E-state index in [4.69, 9.17) is 0 Å². The van der Waals surface area contributed by atoms with Crippen molar-refractivity contribution in [1.82, 2.24) is 24.8 Å². The zero-order valence-corrected chi connectivity index (χ0v) is 10.2. The van der Waals surface area contributed by atoms with Crippen LogP contribution in [0.2, 0.25) is 0 Å². The number of carbonyl (C=O) groups is 1. The number of hydrogen-bond donors (Lipinski definition) is 2. The maximum Gasteiger partial charge on any atom is 0.337 e. The van der Waals surface area contributed by atoms with E-state index in [0.717, 1.165) is 4.57 Å². The van der Waals surface area contributed by atoms with E-state index in [-0.39, 0.29) is 5.65 Å². The fourth-order valence-corrected chi connectivity index (χ4v) is 1.90. The molecule has 0 spiro atoms. The van der Waals surface area contributed by atoms with Crippen LogP contribution in [-0.4, -0.2) is 32.1 Å². The van der Waals surface area contributed by atoms with E-state index in [1.54, 1.807) is 19.1 Å². The van der Waals surface area contributed by atoms with E-state index in [0.29, 0.717) is 23.2 Å². The summed E-state index contributed by atoms with van der Waals surface area (Å²) in [6.45, 7) is 2.21. The maximum absolute atomic E-state index is 11.8. The fourth-order valence-electron chi connectivity index (χ4n) is 1.90. The molecule has 0 unspecified atom stereocenters. The average Bonchev–Trinajstić information content (AvgIpc) is 2.71. The molecule has 3 aromatic rings. The van der Waals surface area contributed by atoms with Gasteiger partial charge in [0.2, 0.25) is 0 Å². The van der Waals surface area contributed by atoms with Crippen molar-refractivity contribution in [2.24, 2.45) is 0 Å². The van der Waals surface area contributed by atoms with Gasteiger partial charge in [-0.2, -0.15) is 4.57 Å². The Kier molecular flexibility index (Phi) is 2.52. The van der Waals surface area contributed by atoms with Gasteiger partial charge in [0.15, 0.2) is 11.3 Å². The van der Waals surface area contributed by atoms with Crippen molar-refractivity contribution >= 4 is 28.4 Å². The predicted octanol–water partition coefficient (Wildman–Crippen LogP) is 0.850. The van der Waals surface area contributed by atoms with Crippen molar-refractivity contribution in [1.29, 1.82) is 0 Å². The fraction of sp³-hybridized carbons (Fsp3) is 0.167. The number of fused-ring (bicyclic) bond motifs is 2. The first-order valence-electron chi connectivity index (χ1n) is 5.86. The Bertz CT molecular complexity index is 833. The number of hydrogen-bond acceptors (Lipinski definition) is 4. The molecular formula is C12H11N5O2. The summed E-state index contributed by atoms with van der Waals surface area (Å²) < 4.78 is 0.957. The number of aromatic amines is 1. The predicted molar refractivity (Wildman–Crippen MR) is 70.1 cm³/mol. The van der Waals surface area contributed by atoms with Gasteiger partial charge in [-0.1, -0.05) is 12.1 Å². The molecule has 1 aromatic carbocycles. The molecule has 1 amide bonds. The van der Waals surface area contributed by atoms with Gasteiger partial charge in [-0.25, -0.2) is 19.6 Å². The van der Waals surface area contributed by atoms with Crippen LogP contribution in [0.4, 0.5) is 4.79 Å². The van der Waals surface area contributed by atoms with Gasteiger partial charge in [0.05, 0.1) is 11.0 Å². The number of aromatic nitrogens is 4. The summed E-state index contributed by atoms with van der Waals surface area (Å²) >= 11 is 0. The number of H-pyrrole nitrogens is 1. The van der Waals surface area contributed by atoms with Gasteiger partial charge in [0, 0.05) is 6.54 Å².